The molecule has 0 amide bonds. The molecule has 0 N–H and O–H groups in total. The van der Waals surface area contributed by atoms with Crippen molar-refractivity contribution in [2.45, 2.75) is 163 Å². The van der Waals surface area contributed by atoms with E-state index in [1.807, 2.05) is 0 Å². The number of benzene rings is 3. The minimum absolute atomic E-state index is 0.0588. The second kappa shape index (κ2) is 12.6. The molecule has 3 rings (SSSR count). The van der Waals surface area contributed by atoms with Crippen LogP contribution in [0.4, 0.5) is 0 Å². The predicted molar refractivity (Wildman–Crippen MR) is 194 cm³/mol. The quantitative estimate of drug-likeness (QED) is 0.200. The van der Waals surface area contributed by atoms with E-state index >= 15 is 0 Å². The lowest BCUT2D eigenvalue weighted by Crippen LogP contribution is -2.22. The van der Waals surface area contributed by atoms with Crippen LogP contribution in [0.3, 0.4) is 0 Å². The lowest BCUT2D eigenvalue weighted by molar-refractivity contribution is 0.489. The minimum Gasteiger partial charge on any atom is -0.0646 e. The van der Waals surface area contributed by atoms with Crippen molar-refractivity contribution in [3.05, 3.63) is 82.4 Å². The van der Waals surface area contributed by atoms with Crippen LogP contribution in [0.15, 0.2) is 54.6 Å². The van der Waals surface area contributed by atoms with Gasteiger partial charge < -0.3 is 0 Å². The second-order valence-corrected chi connectivity index (χ2v) is 16.5. The third kappa shape index (κ3) is 7.00. The summed E-state index contributed by atoms with van der Waals surface area (Å²) in [6, 6.07) is 22.2. The molecule has 0 aromatic heterocycles. The molecule has 0 unspecified atom stereocenters. The van der Waals surface area contributed by atoms with E-state index in [0.717, 1.165) is 32.1 Å². The summed E-state index contributed by atoms with van der Waals surface area (Å²) in [6.07, 6.45) is 5.55. The van der Waals surface area contributed by atoms with E-state index in [2.05, 4.69) is 158 Å². The first kappa shape index (κ1) is 35.1. The van der Waals surface area contributed by atoms with E-state index in [-0.39, 0.29) is 27.1 Å². The van der Waals surface area contributed by atoms with Gasteiger partial charge in [-0.3, -0.25) is 0 Å². The van der Waals surface area contributed by atoms with Crippen molar-refractivity contribution < 1.29 is 0 Å². The van der Waals surface area contributed by atoms with Crippen molar-refractivity contribution in [3.63, 3.8) is 0 Å². The molecule has 236 valence electrons. The fraction of sp³-hybridized carbons (Fsp3) is 0.581. The van der Waals surface area contributed by atoms with Gasteiger partial charge in [0.25, 0.3) is 0 Å². The van der Waals surface area contributed by atoms with Gasteiger partial charge in [-0.15, -0.1) is 0 Å². The van der Waals surface area contributed by atoms with Gasteiger partial charge >= 0.3 is 0 Å². The molecular formula is C43H64. The summed E-state index contributed by atoms with van der Waals surface area (Å²) >= 11 is 0. The molecule has 0 aliphatic rings. The van der Waals surface area contributed by atoms with Crippen molar-refractivity contribution >= 4 is 0 Å². The summed E-state index contributed by atoms with van der Waals surface area (Å²) in [4.78, 5) is 0. The standard InChI is InChI=1S/C43H64/c1-16-39(6,7)30-21-24-33(34-25-22-31(40(8,9)17-2)28-37(34)42(12,13)19-4)36(27-30)35-26-23-32(41(10,11)18-3)29-38(35)43(14,15)20-5/h21-29H,16-20H2,1-15H3. The molecule has 0 nitrogen and oxygen atoms in total. The Kier molecular flexibility index (Phi) is 10.3. The first-order valence-corrected chi connectivity index (χ1v) is 17.3. The molecule has 0 saturated carbocycles. The maximum atomic E-state index is 2.55. The second-order valence-electron chi connectivity index (χ2n) is 16.5. The highest BCUT2D eigenvalue weighted by atomic mass is 14.4. The monoisotopic (exact) mass is 581 g/mol. The summed E-state index contributed by atoms with van der Waals surface area (Å²) in [5.41, 5.74) is 13.3. The fourth-order valence-electron chi connectivity index (χ4n) is 5.94. The van der Waals surface area contributed by atoms with E-state index in [0.29, 0.717) is 0 Å². The normalized spacial score (nSPS) is 13.5. The number of hydrogen-bond donors (Lipinski definition) is 0. The van der Waals surface area contributed by atoms with Crippen LogP contribution in [0, 0.1) is 0 Å². The minimum atomic E-state index is 0.0588. The molecule has 0 heteroatoms. The Labute approximate surface area is 267 Å². The third-order valence-electron chi connectivity index (χ3n) is 11.9. The van der Waals surface area contributed by atoms with E-state index in [1.165, 1.54) is 50.1 Å². The van der Waals surface area contributed by atoms with Gasteiger partial charge in [0.1, 0.15) is 0 Å². The molecule has 0 fully saturated rings. The van der Waals surface area contributed by atoms with E-state index < -0.39 is 0 Å². The first-order chi connectivity index (χ1) is 19.8. The zero-order valence-electron chi connectivity index (χ0n) is 30.7. The Morgan fingerprint density at radius 1 is 0.326 bits per heavy atom. The molecule has 0 spiro atoms. The molecule has 3 aromatic rings. The van der Waals surface area contributed by atoms with Crippen molar-refractivity contribution in [1.29, 1.82) is 0 Å². The highest BCUT2D eigenvalue weighted by Crippen LogP contribution is 2.47. The van der Waals surface area contributed by atoms with Crippen molar-refractivity contribution in [2.24, 2.45) is 0 Å². The Bertz CT molecular complexity index is 1410. The molecular weight excluding hydrogens is 516 g/mol. The lowest BCUT2D eigenvalue weighted by Gasteiger charge is -2.34. The predicted octanol–water partition coefficient (Wildman–Crippen LogP) is 13.5. The van der Waals surface area contributed by atoms with Crippen molar-refractivity contribution in [2.75, 3.05) is 0 Å². The number of rotatable bonds is 12. The summed E-state index contributed by atoms with van der Waals surface area (Å²) in [5, 5.41) is 0. The topological polar surface area (TPSA) is 0 Å². The van der Waals surface area contributed by atoms with Crippen LogP contribution in [0.1, 0.15) is 164 Å². The summed E-state index contributed by atoms with van der Waals surface area (Å²) in [6.45, 7) is 35.7. The molecule has 0 saturated heterocycles. The van der Waals surface area contributed by atoms with Gasteiger partial charge in [-0.25, -0.2) is 0 Å². The van der Waals surface area contributed by atoms with E-state index in [9.17, 15) is 0 Å². The third-order valence-corrected chi connectivity index (χ3v) is 11.9. The zero-order valence-corrected chi connectivity index (χ0v) is 30.7. The molecule has 0 atom stereocenters. The Morgan fingerprint density at radius 3 is 0.930 bits per heavy atom. The highest BCUT2D eigenvalue weighted by molar-refractivity contribution is 5.88. The molecule has 0 radical (unpaired) electrons. The average Bonchev–Trinajstić information content (AvgIpc) is 3.00. The Hall–Kier alpha value is -2.34. The summed E-state index contributed by atoms with van der Waals surface area (Å²) in [5.74, 6) is 0. The molecule has 43 heavy (non-hydrogen) atoms. The van der Waals surface area contributed by atoms with Crippen molar-refractivity contribution in [3.8, 4) is 22.3 Å². The fourth-order valence-corrected chi connectivity index (χ4v) is 5.94. The highest BCUT2D eigenvalue weighted by Gasteiger charge is 2.31. The van der Waals surface area contributed by atoms with Gasteiger partial charge in [0.15, 0.2) is 0 Å². The molecule has 3 aromatic carbocycles. The van der Waals surface area contributed by atoms with Gasteiger partial charge in [0.2, 0.25) is 0 Å². The first-order valence-electron chi connectivity index (χ1n) is 17.3. The number of hydrogen-bond acceptors (Lipinski definition) is 0. The van der Waals surface area contributed by atoms with Gasteiger partial charge in [-0.05, 0) is 115 Å². The van der Waals surface area contributed by atoms with Crippen LogP contribution in [0.5, 0.6) is 0 Å². The largest absolute Gasteiger partial charge is 0.0646 e. The van der Waals surface area contributed by atoms with Crippen LogP contribution in [-0.2, 0) is 27.1 Å². The van der Waals surface area contributed by atoms with Crippen LogP contribution in [0.2, 0.25) is 0 Å². The molecule has 0 aliphatic heterocycles. The molecule has 0 heterocycles. The van der Waals surface area contributed by atoms with Gasteiger partial charge in [-0.1, -0.05) is 152 Å². The van der Waals surface area contributed by atoms with Crippen LogP contribution in [-0.4, -0.2) is 0 Å². The van der Waals surface area contributed by atoms with Gasteiger partial charge in [0, 0.05) is 0 Å². The maximum absolute atomic E-state index is 2.55. The molecule has 0 aliphatic carbocycles. The van der Waals surface area contributed by atoms with Crippen molar-refractivity contribution in [1.82, 2.24) is 0 Å². The lowest BCUT2D eigenvalue weighted by atomic mass is 9.71. The van der Waals surface area contributed by atoms with Gasteiger partial charge in [-0.2, -0.15) is 0 Å². The average molecular weight is 581 g/mol. The van der Waals surface area contributed by atoms with Crippen LogP contribution in [0.25, 0.3) is 22.3 Å². The smallest absolute Gasteiger partial charge is 0.00994 e. The van der Waals surface area contributed by atoms with E-state index in [1.54, 1.807) is 0 Å². The molecule has 0 bridgehead atoms. The summed E-state index contributed by atoms with van der Waals surface area (Å²) < 4.78 is 0. The van der Waals surface area contributed by atoms with E-state index in [4.69, 9.17) is 0 Å². The van der Waals surface area contributed by atoms with Crippen LogP contribution >= 0.6 is 0 Å². The Morgan fingerprint density at radius 2 is 0.605 bits per heavy atom. The maximum Gasteiger partial charge on any atom is -0.00994 e. The summed E-state index contributed by atoms with van der Waals surface area (Å²) in [7, 11) is 0. The SMILES string of the molecule is CCC(C)(C)c1ccc(-c2ccc(C(C)(C)CC)cc2C(C)(C)CC)c(-c2ccc(C(C)(C)CC)cc2C(C)(C)CC)c1. The van der Waals surface area contributed by atoms with Crippen LogP contribution < -0.4 is 0 Å². The van der Waals surface area contributed by atoms with Gasteiger partial charge in [0.05, 0.1) is 0 Å². The Balaban J connectivity index is 2.52. The zero-order chi connectivity index (χ0) is 32.6.